The SMILES string of the molecule is C#CCOCCOCCOCCOCCOCCOCCOCCOCCOCCOCCOCCOCCOCCCCCC(=O)Nc1cccc2c1C(=O)N(C1CCC(=O)NC1=O)C2=O. The number of rotatable bonds is 45. The van der Waals surface area contributed by atoms with Crippen LogP contribution in [0.5, 0.6) is 0 Å². The Hall–Kier alpha value is -3.99. The van der Waals surface area contributed by atoms with Gasteiger partial charge >= 0.3 is 0 Å². The van der Waals surface area contributed by atoms with Gasteiger partial charge in [0.25, 0.3) is 11.8 Å². The molecule has 1 aromatic carbocycles. The van der Waals surface area contributed by atoms with Gasteiger partial charge in [-0.3, -0.25) is 34.2 Å². The highest BCUT2D eigenvalue weighted by atomic mass is 16.6. The molecule has 0 radical (unpaired) electrons. The summed E-state index contributed by atoms with van der Waals surface area (Å²) in [6.45, 7) is 12.1. The second-order valence-corrected chi connectivity index (χ2v) is 14.6. The maximum atomic E-state index is 13.2. The zero-order valence-corrected chi connectivity index (χ0v) is 38.8. The maximum absolute atomic E-state index is 13.2. The van der Waals surface area contributed by atoms with E-state index in [1.54, 1.807) is 12.1 Å². The normalized spacial score (nSPS) is 14.7. The van der Waals surface area contributed by atoms with Crippen LogP contribution >= 0.6 is 0 Å². The van der Waals surface area contributed by atoms with Crippen LogP contribution < -0.4 is 10.6 Å². The predicted octanol–water partition coefficient (Wildman–Crippen LogP) is 1.44. The van der Waals surface area contributed by atoms with Crippen LogP contribution in [-0.4, -0.2) is 212 Å². The lowest BCUT2D eigenvalue weighted by Gasteiger charge is -2.27. The molecule has 1 unspecified atom stereocenters. The molecule has 1 saturated heterocycles. The summed E-state index contributed by atoms with van der Waals surface area (Å²) in [7, 11) is 0. The second-order valence-electron chi connectivity index (χ2n) is 14.6. The topological polar surface area (TPSA) is 233 Å². The van der Waals surface area contributed by atoms with Gasteiger partial charge in [-0.2, -0.15) is 0 Å². The Labute approximate surface area is 393 Å². The van der Waals surface area contributed by atoms with E-state index in [9.17, 15) is 24.0 Å². The average molecular weight is 954 g/mol. The molecule has 1 fully saturated rings. The number of fused-ring (bicyclic) bond motifs is 1. The van der Waals surface area contributed by atoms with Gasteiger partial charge < -0.3 is 66.9 Å². The van der Waals surface area contributed by atoms with Crippen LogP contribution in [0.3, 0.4) is 0 Å². The molecule has 0 aliphatic carbocycles. The molecule has 1 aromatic rings. The van der Waals surface area contributed by atoms with Gasteiger partial charge in [0.05, 0.1) is 175 Å². The molecule has 2 N–H and O–H groups in total. The molecule has 0 saturated carbocycles. The van der Waals surface area contributed by atoms with Crippen molar-refractivity contribution in [1.29, 1.82) is 0 Å². The third kappa shape index (κ3) is 26.4. The number of piperidine rings is 1. The lowest BCUT2D eigenvalue weighted by atomic mass is 10.0. The number of carbonyl (C=O) groups excluding carboxylic acids is 5. The minimum Gasteiger partial charge on any atom is -0.379 e. The van der Waals surface area contributed by atoms with Gasteiger partial charge in [-0.15, -0.1) is 6.42 Å². The van der Waals surface area contributed by atoms with E-state index in [-0.39, 0.29) is 42.0 Å². The van der Waals surface area contributed by atoms with Gasteiger partial charge in [-0.05, 0) is 31.4 Å². The number of ether oxygens (including phenoxy) is 13. The fourth-order valence-corrected chi connectivity index (χ4v) is 6.27. The van der Waals surface area contributed by atoms with Gasteiger partial charge in [0.15, 0.2) is 0 Å². The van der Waals surface area contributed by atoms with Crippen LogP contribution in [0.15, 0.2) is 18.2 Å². The van der Waals surface area contributed by atoms with Crippen molar-refractivity contribution in [2.45, 2.75) is 44.6 Å². The third-order valence-electron chi connectivity index (χ3n) is 9.58. The van der Waals surface area contributed by atoms with E-state index < -0.39 is 29.7 Å². The first-order valence-electron chi connectivity index (χ1n) is 23.0. The summed E-state index contributed by atoms with van der Waals surface area (Å²) in [5, 5.41) is 4.91. The zero-order valence-electron chi connectivity index (χ0n) is 38.8. The number of nitrogens with one attached hydrogen (secondary N) is 2. The highest BCUT2D eigenvalue weighted by Gasteiger charge is 2.45. The quantitative estimate of drug-likeness (QED) is 0.0535. The van der Waals surface area contributed by atoms with E-state index in [4.69, 9.17) is 68.0 Å². The number of unbranched alkanes of at least 4 members (excludes halogenated alkanes) is 2. The molecular formula is C46H71N3O18. The number of amides is 5. The number of hydrogen-bond donors (Lipinski definition) is 2. The van der Waals surface area contributed by atoms with Crippen molar-refractivity contribution >= 4 is 35.2 Å². The number of nitrogens with zero attached hydrogens (tertiary/aromatic N) is 1. The van der Waals surface area contributed by atoms with Crippen molar-refractivity contribution in [3.05, 3.63) is 29.3 Å². The van der Waals surface area contributed by atoms with Gasteiger partial charge in [0, 0.05) is 19.4 Å². The Balaban J connectivity index is 0.961. The van der Waals surface area contributed by atoms with Crippen LogP contribution in [-0.2, 0) is 76.0 Å². The second kappa shape index (κ2) is 38.9. The molecule has 21 heteroatoms. The Morgan fingerprint density at radius 3 is 1.36 bits per heavy atom. The maximum Gasteiger partial charge on any atom is 0.264 e. The molecule has 21 nitrogen and oxygen atoms in total. The van der Waals surface area contributed by atoms with Crippen LogP contribution in [0.4, 0.5) is 5.69 Å². The van der Waals surface area contributed by atoms with E-state index in [2.05, 4.69) is 16.6 Å². The first-order valence-corrected chi connectivity index (χ1v) is 23.0. The number of carbonyl (C=O) groups is 5. The zero-order chi connectivity index (χ0) is 47.8. The molecule has 378 valence electrons. The fourth-order valence-electron chi connectivity index (χ4n) is 6.27. The Bertz CT molecular complexity index is 1580. The molecule has 0 spiro atoms. The van der Waals surface area contributed by atoms with Crippen molar-refractivity contribution in [2.75, 3.05) is 177 Å². The monoisotopic (exact) mass is 953 g/mol. The molecule has 67 heavy (non-hydrogen) atoms. The van der Waals surface area contributed by atoms with Gasteiger partial charge in [-0.1, -0.05) is 18.4 Å². The van der Waals surface area contributed by atoms with E-state index in [1.165, 1.54) is 6.07 Å². The van der Waals surface area contributed by atoms with Crippen molar-refractivity contribution in [1.82, 2.24) is 10.2 Å². The van der Waals surface area contributed by atoms with E-state index in [0.29, 0.717) is 178 Å². The molecular weight excluding hydrogens is 883 g/mol. The standard InChI is InChI=1S/C46H71N3O18/c1-2-12-55-14-16-57-18-20-59-22-24-61-26-28-63-30-32-65-34-36-67-37-35-66-33-31-64-29-27-62-25-23-60-21-19-58-17-15-56-13-5-3-4-9-41(50)47-39-8-6-7-38-43(39)46(54)49(45(38)53)40-10-11-42(51)48-44(40)52/h1,6-8,40H,3-5,9-37H2,(H,47,50)(H,48,51,52). The molecule has 0 aromatic heterocycles. The Morgan fingerprint density at radius 2 is 0.955 bits per heavy atom. The molecule has 1 atom stereocenters. The minimum atomic E-state index is -1.08. The summed E-state index contributed by atoms with van der Waals surface area (Å²) in [6.07, 6.45) is 7.51. The summed E-state index contributed by atoms with van der Waals surface area (Å²) in [5.74, 6) is -0.336. The summed E-state index contributed by atoms with van der Waals surface area (Å²) >= 11 is 0. The molecule has 3 rings (SSSR count). The molecule has 2 heterocycles. The number of benzene rings is 1. The molecule has 2 aliphatic heterocycles. The summed E-state index contributed by atoms with van der Waals surface area (Å²) in [5.41, 5.74) is 0.373. The van der Waals surface area contributed by atoms with Gasteiger partial charge in [-0.25, -0.2) is 0 Å². The van der Waals surface area contributed by atoms with Crippen molar-refractivity contribution in [3.8, 4) is 12.3 Å². The van der Waals surface area contributed by atoms with Crippen molar-refractivity contribution in [3.63, 3.8) is 0 Å². The molecule has 2 aliphatic rings. The molecule has 0 bridgehead atoms. The largest absolute Gasteiger partial charge is 0.379 e. The first kappa shape index (κ1) is 57.3. The number of anilines is 1. The van der Waals surface area contributed by atoms with Crippen LogP contribution in [0.25, 0.3) is 0 Å². The van der Waals surface area contributed by atoms with Gasteiger partial charge in [0.1, 0.15) is 12.6 Å². The highest BCUT2D eigenvalue weighted by Crippen LogP contribution is 2.32. The van der Waals surface area contributed by atoms with Crippen LogP contribution in [0, 0.1) is 12.3 Å². The summed E-state index contributed by atoms with van der Waals surface area (Å²) in [4.78, 5) is 63.6. The highest BCUT2D eigenvalue weighted by molar-refractivity contribution is 6.26. The molecule has 5 amide bonds. The average Bonchev–Trinajstić information content (AvgIpc) is 3.57. The van der Waals surface area contributed by atoms with E-state index >= 15 is 0 Å². The van der Waals surface area contributed by atoms with E-state index in [0.717, 1.165) is 17.7 Å². The fraction of sp³-hybridized carbons (Fsp3) is 0.717. The van der Waals surface area contributed by atoms with Crippen LogP contribution in [0.2, 0.25) is 0 Å². The minimum absolute atomic E-state index is 0.0252. The Morgan fingerprint density at radius 1 is 0.552 bits per heavy atom. The first-order chi connectivity index (χ1) is 32.9. The van der Waals surface area contributed by atoms with Gasteiger partial charge in [0.2, 0.25) is 17.7 Å². The van der Waals surface area contributed by atoms with Crippen molar-refractivity contribution < 1.29 is 85.6 Å². The predicted molar refractivity (Wildman–Crippen MR) is 240 cm³/mol. The number of hydrogen-bond acceptors (Lipinski definition) is 18. The summed E-state index contributed by atoms with van der Waals surface area (Å²) in [6, 6.07) is 3.52. The lowest BCUT2D eigenvalue weighted by molar-refractivity contribution is -0.136. The van der Waals surface area contributed by atoms with Crippen molar-refractivity contribution in [2.24, 2.45) is 0 Å². The van der Waals surface area contributed by atoms with Crippen LogP contribution in [0.1, 0.15) is 59.2 Å². The number of imide groups is 2. The third-order valence-corrected chi connectivity index (χ3v) is 9.58. The Kier molecular flexibility index (Phi) is 33.3. The number of terminal acetylenes is 1. The lowest BCUT2D eigenvalue weighted by Crippen LogP contribution is -2.54. The smallest absolute Gasteiger partial charge is 0.264 e. The van der Waals surface area contributed by atoms with E-state index in [1.807, 2.05) is 0 Å². The summed E-state index contributed by atoms with van der Waals surface area (Å²) < 4.78 is 70.9.